The molecule has 1 amide bonds. The summed E-state index contributed by atoms with van der Waals surface area (Å²) < 4.78 is 0. The van der Waals surface area contributed by atoms with E-state index in [-0.39, 0.29) is 0 Å². The van der Waals surface area contributed by atoms with E-state index < -0.39 is 0 Å². The normalized spacial score (nSPS) is 10.8. The number of allylic oxidation sites excluding steroid dienone is 5. The van der Waals surface area contributed by atoms with Crippen LogP contribution in [0, 0.1) is 6.92 Å². The number of thiazole rings is 1. The fourth-order valence-corrected chi connectivity index (χ4v) is 3.73. The van der Waals surface area contributed by atoms with Crippen LogP contribution in [0.4, 0.5) is 0 Å². The van der Waals surface area contributed by atoms with Crippen LogP contribution in [-0.2, 0) is 9.59 Å². The van der Waals surface area contributed by atoms with Crippen LogP contribution >= 0.6 is 11.3 Å². The van der Waals surface area contributed by atoms with E-state index in [1.165, 1.54) is 56.1 Å². The summed E-state index contributed by atoms with van der Waals surface area (Å²) in [6, 6.07) is 0. The van der Waals surface area contributed by atoms with Gasteiger partial charge in [-0.05, 0) is 25.5 Å². The van der Waals surface area contributed by atoms with Crippen molar-refractivity contribution < 1.29 is 9.59 Å². The van der Waals surface area contributed by atoms with Crippen molar-refractivity contribution in [1.82, 2.24) is 15.3 Å². The van der Waals surface area contributed by atoms with Gasteiger partial charge in [-0.25, -0.2) is 4.98 Å². The number of carbonyl (C=O) groups is 2. The van der Waals surface area contributed by atoms with Gasteiger partial charge in [0, 0.05) is 40.2 Å². The molecule has 206 valence electrons. The molecule has 0 aliphatic carbocycles. The average Bonchev–Trinajstić information content (AvgIpc) is 3.54. The molecule has 0 atom stereocenters. The molecular weight excluding hydrogens is 478 g/mol. The predicted octanol–water partition coefficient (Wildman–Crippen LogP) is 9.30. The number of unbranched alkanes of at least 4 members (excludes halogenated alkanes) is 4. The summed E-state index contributed by atoms with van der Waals surface area (Å²) in [7, 11) is 0. The summed E-state index contributed by atoms with van der Waals surface area (Å²) in [5, 5.41) is 5.15. The Morgan fingerprint density at radius 3 is 2.24 bits per heavy atom. The Morgan fingerprint density at radius 2 is 1.73 bits per heavy atom. The summed E-state index contributed by atoms with van der Waals surface area (Å²) in [6.45, 7) is 20.3. The lowest BCUT2D eigenvalue weighted by Crippen LogP contribution is -2.01. The minimum Gasteiger partial charge on any atom is -0.364 e. The van der Waals surface area contributed by atoms with Crippen molar-refractivity contribution in [2.24, 2.45) is 0 Å². The minimum absolute atomic E-state index is 0.369. The van der Waals surface area contributed by atoms with Crippen LogP contribution in [0.1, 0.15) is 103 Å². The molecule has 37 heavy (non-hydrogen) atoms. The molecule has 2 heterocycles. The first kappa shape index (κ1) is 36.2. The first-order valence-corrected chi connectivity index (χ1v) is 14.3. The number of hydrogen-bond acceptors (Lipinski definition) is 4. The van der Waals surface area contributed by atoms with E-state index in [0.717, 1.165) is 33.1 Å². The van der Waals surface area contributed by atoms with Crippen LogP contribution in [0.3, 0.4) is 0 Å². The summed E-state index contributed by atoms with van der Waals surface area (Å²) in [6.07, 6.45) is 20.0. The summed E-state index contributed by atoms with van der Waals surface area (Å²) >= 11 is 1.50. The Kier molecular flexibility index (Phi) is 24.1. The Morgan fingerprint density at radius 1 is 1.11 bits per heavy atom. The number of H-pyrrole nitrogens is 1. The maximum Gasteiger partial charge on any atom is 0.211 e. The van der Waals surface area contributed by atoms with Crippen molar-refractivity contribution in [3.63, 3.8) is 0 Å². The Labute approximate surface area is 229 Å². The van der Waals surface area contributed by atoms with Crippen LogP contribution < -0.4 is 5.32 Å². The number of rotatable bonds is 12. The number of aromatic amines is 1. The number of nitrogens with one attached hydrogen (secondary N) is 2. The molecule has 0 saturated carbocycles. The van der Waals surface area contributed by atoms with Gasteiger partial charge in [0.15, 0.2) is 6.29 Å². The molecule has 2 rings (SSSR count). The van der Waals surface area contributed by atoms with Crippen LogP contribution in [0.5, 0.6) is 0 Å². The van der Waals surface area contributed by atoms with Gasteiger partial charge in [-0.2, -0.15) is 0 Å². The molecule has 0 unspecified atom stereocenters. The highest BCUT2D eigenvalue weighted by atomic mass is 32.1. The molecule has 0 aromatic carbocycles. The third-order valence-corrected chi connectivity index (χ3v) is 5.67. The lowest BCUT2D eigenvalue weighted by molar-refractivity contribution is -0.108. The van der Waals surface area contributed by atoms with Gasteiger partial charge in [0.2, 0.25) is 6.41 Å². The lowest BCUT2D eigenvalue weighted by Gasteiger charge is -1.98. The minimum atomic E-state index is 0.369. The molecule has 2 aromatic heterocycles. The maximum absolute atomic E-state index is 11.0. The van der Waals surface area contributed by atoms with Crippen molar-refractivity contribution in [3.8, 4) is 11.3 Å². The topological polar surface area (TPSA) is 74.8 Å². The van der Waals surface area contributed by atoms with Gasteiger partial charge in [0.1, 0.15) is 5.01 Å². The SMILES string of the molecule is C=C/C=C\c1c(-c2csc(/C(C)=C/C(C=O)=C\NC=O)n2)c[nH]c1C.CC.CCC.CCCCCCC. The van der Waals surface area contributed by atoms with Crippen LogP contribution in [0.25, 0.3) is 22.9 Å². The fraction of sp³-hybridized carbons (Fsp3) is 0.452. The van der Waals surface area contributed by atoms with Crippen LogP contribution in [-0.4, -0.2) is 22.7 Å². The first-order valence-electron chi connectivity index (χ1n) is 13.4. The van der Waals surface area contributed by atoms with Crippen molar-refractivity contribution in [3.05, 3.63) is 64.4 Å². The summed E-state index contributed by atoms with van der Waals surface area (Å²) in [4.78, 5) is 29.3. The number of nitrogens with zero attached hydrogens (tertiary/aromatic N) is 1. The summed E-state index contributed by atoms with van der Waals surface area (Å²) in [5.74, 6) is 0. The molecule has 0 aliphatic rings. The number of aryl methyl sites for hydroxylation is 1. The molecular formula is C31H49N3O2S. The quantitative estimate of drug-likeness (QED) is 0.125. The smallest absolute Gasteiger partial charge is 0.211 e. The highest BCUT2D eigenvalue weighted by Crippen LogP contribution is 2.30. The highest BCUT2D eigenvalue weighted by Gasteiger charge is 2.12. The van der Waals surface area contributed by atoms with E-state index in [1.807, 2.05) is 51.4 Å². The average molecular weight is 528 g/mol. The molecule has 2 N–H and O–H groups in total. The molecule has 6 heteroatoms. The number of hydrogen-bond donors (Lipinski definition) is 2. The van der Waals surface area contributed by atoms with Gasteiger partial charge < -0.3 is 10.3 Å². The molecule has 5 nitrogen and oxygen atoms in total. The second-order valence-corrected chi connectivity index (χ2v) is 8.87. The second kappa shape index (κ2) is 24.7. The van der Waals surface area contributed by atoms with Gasteiger partial charge >= 0.3 is 0 Å². The van der Waals surface area contributed by atoms with E-state index in [2.05, 4.69) is 49.6 Å². The van der Waals surface area contributed by atoms with Crippen molar-refractivity contribution in [2.75, 3.05) is 0 Å². The molecule has 0 radical (unpaired) electrons. The lowest BCUT2D eigenvalue weighted by atomic mass is 10.1. The van der Waals surface area contributed by atoms with Crippen molar-refractivity contribution in [2.45, 2.75) is 93.9 Å². The predicted molar refractivity (Wildman–Crippen MR) is 165 cm³/mol. The van der Waals surface area contributed by atoms with Gasteiger partial charge in [0.05, 0.1) is 5.69 Å². The van der Waals surface area contributed by atoms with Crippen LogP contribution in [0.2, 0.25) is 0 Å². The molecule has 0 saturated heterocycles. The highest BCUT2D eigenvalue weighted by molar-refractivity contribution is 7.11. The Bertz CT molecular complexity index is 961. The molecule has 0 spiro atoms. The molecule has 0 bridgehead atoms. The molecule has 0 aliphatic heterocycles. The first-order chi connectivity index (χ1) is 17.9. The zero-order chi connectivity index (χ0) is 28.5. The van der Waals surface area contributed by atoms with Gasteiger partial charge in [-0.1, -0.05) is 105 Å². The van der Waals surface area contributed by atoms with Crippen molar-refractivity contribution >= 4 is 35.7 Å². The standard InChI is InChI=1S/C19H19N3O2S.C7H16.C3H8.C2H6/c1-4-5-6-16-14(3)21-9-17(16)18-11-25-19(22-18)13(2)7-15(10-23)8-20-12-24;1-3-5-7-6-4-2;1-3-2;1-2/h4-12,21H,1H2,2-3H3,(H,20,24);3-7H2,1-2H3;3H2,1-2H3;1-2H3/b6-5-,13-7+,15-8+;;;. The van der Waals surface area contributed by atoms with Gasteiger partial charge in [-0.3, -0.25) is 9.59 Å². The number of aldehydes is 1. The van der Waals surface area contributed by atoms with Crippen LogP contribution in [0.15, 0.2) is 48.2 Å². The zero-order valence-electron chi connectivity index (χ0n) is 24.3. The van der Waals surface area contributed by atoms with Gasteiger partial charge in [-0.15, -0.1) is 11.3 Å². The van der Waals surface area contributed by atoms with Gasteiger partial charge in [0.25, 0.3) is 0 Å². The van der Waals surface area contributed by atoms with E-state index in [1.54, 1.807) is 12.2 Å². The number of carbonyl (C=O) groups excluding carboxylic acids is 2. The Hall–Kier alpha value is -2.99. The Balaban J connectivity index is 0. The summed E-state index contributed by atoms with van der Waals surface area (Å²) in [5.41, 5.74) is 5.22. The second-order valence-electron chi connectivity index (χ2n) is 8.02. The third kappa shape index (κ3) is 15.7. The van der Waals surface area contributed by atoms with E-state index >= 15 is 0 Å². The fourth-order valence-electron chi connectivity index (χ4n) is 2.94. The maximum atomic E-state index is 11.0. The van der Waals surface area contributed by atoms with Crippen molar-refractivity contribution in [1.29, 1.82) is 0 Å². The number of amides is 1. The zero-order valence-corrected chi connectivity index (χ0v) is 25.1. The largest absolute Gasteiger partial charge is 0.364 e. The van der Waals surface area contributed by atoms with E-state index in [0.29, 0.717) is 18.3 Å². The monoisotopic (exact) mass is 527 g/mol. The molecule has 2 aromatic rings. The van der Waals surface area contributed by atoms with E-state index in [4.69, 9.17) is 0 Å². The van der Waals surface area contributed by atoms with E-state index in [9.17, 15) is 9.59 Å². The third-order valence-electron chi connectivity index (χ3n) is 4.69. The number of aromatic nitrogens is 2. The molecule has 0 fully saturated rings.